The van der Waals surface area contributed by atoms with Gasteiger partial charge in [-0.15, -0.1) is 0 Å². The Balaban J connectivity index is 2.09. The van der Waals surface area contributed by atoms with E-state index in [9.17, 15) is 13.2 Å². The second-order valence-electron chi connectivity index (χ2n) is 4.80. The summed E-state index contributed by atoms with van der Waals surface area (Å²) in [5.41, 5.74) is -0.117. The van der Waals surface area contributed by atoms with Crippen LogP contribution in [0.5, 0.6) is 0 Å². The first kappa shape index (κ1) is 15.0. The normalized spacial score (nSPS) is 18.2. The summed E-state index contributed by atoms with van der Waals surface area (Å²) in [4.78, 5) is 15.5. The van der Waals surface area contributed by atoms with Crippen LogP contribution >= 0.6 is 0 Å². The molecule has 0 unspecified atom stereocenters. The van der Waals surface area contributed by atoms with Gasteiger partial charge in [0, 0.05) is 32.4 Å². The molecule has 0 spiro atoms. The maximum Gasteiger partial charge on any atom is 0.352 e. The Kier molecular flexibility index (Phi) is 4.46. The Morgan fingerprint density at radius 3 is 2.50 bits per heavy atom. The molecule has 0 bridgehead atoms. The molecule has 1 aromatic rings. The molecule has 0 radical (unpaired) electrons. The van der Waals surface area contributed by atoms with Crippen molar-refractivity contribution in [3.05, 3.63) is 18.0 Å². The van der Waals surface area contributed by atoms with E-state index in [1.807, 2.05) is 0 Å². The predicted molar refractivity (Wildman–Crippen MR) is 73.2 cm³/mol. The number of aromatic carboxylic acids is 1. The van der Waals surface area contributed by atoms with Crippen LogP contribution in [0.15, 0.2) is 17.2 Å². The van der Waals surface area contributed by atoms with Crippen molar-refractivity contribution in [1.82, 2.24) is 14.2 Å². The number of piperazine rings is 1. The van der Waals surface area contributed by atoms with Gasteiger partial charge in [-0.1, -0.05) is 6.92 Å². The number of carboxylic acid groups (broad SMARTS) is 1. The monoisotopic (exact) mass is 301 g/mol. The zero-order valence-electron chi connectivity index (χ0n) is 11.4. The lowest BCUT2D eigenvalue weighted by Crippen LogP contribution is -2.48. The highest BCUT2D eigenvalue weighted by Gasteiger charge is 2.29. The Labute approximate surface area is 118 Å². The topological polar surface area (TPSA) is 93.7 Å². The highest BCUT2D eigenvalue weighted by molar-refractivity contribution is 7.89. The molecular formula is C12H19N3O4S. The van der Waals surface area contributed by atoms with E-state index in [1.165, 1.54) is 10.5 Å². The summed E-state index contributed by atoms with van der Waals surface area (Å²) in [7, 11) is -3.60. The zero-order valence-corrected chi connectivity index (χ0v) is 12.2. The maximum atomic E-state index is 12.4. The van der Waals surface area contributed by atoms with Gasteiger partial charge in [-0.25, -0.2) is 13.2 Å². The van der Waals surface area contributed by atoms with Crippen molar-refractivity contribution in [3.63, 3.8) is 0 Å². The third-order valence-electron chi connectivity index (χ3n) is 3.40. The number of carbonyl (C=O) groups is 1. The smallest absolute Gasteiger partial charge is 0.352 e. The van der Waals surface area contributed by atoms with E-state index >= 15 is 0 Å². The van der Waals surface area contributed by atoms with Gasteiger partial charge in [0.1, 0.15) is 10.6 Å². The van der Waals surface area contributed by atoms with E-state index in [4.69, 9.17) is 5.11 Å². The van der Waals surface area contributed by atoms with Gasteiger partial charge in [0.15, 0.2) is 0 Å². The molecule has 7 nitrogen and oxygen atoms in total. The number of nitrogens with one attached hydrogen (secondary N) is 1. The molecule has 1 aromatic heterocycles. The Morgan fingerprint density at radius 1 is 1.35 bits per heavy atom. The van der Waals surface area contributed by atoms with E-state index < -0.39 is 16.0 Å². The molecule has 1 aliphatic heterocycles. The van der Waals surface area contributed by atoms with Crippen molar-refractivity contribution in [2.75, 3.05) is 32.7 Å². The number of nitrogens with zero attached hydrogens (tertiary/aromatic N) is 2. The zero-order chi connectivity index (χ0) is 14.8. The van der Waals surface area contributed by atoms with Gasteiger partial charge >= 0.3 is 5.97 Å². The van der Waals surface area contributed by atoms with Crippen molar-refractivity contribution in [2.24, 2.45) is 0 Å². The summed E-state index contributed by atoms with van der Waals surface area (Å²) in [6.45, 7) is 5.37. The molecular weight excluding hydrogens is 282 g/mol. The van der Waals surface area contributed by atoms with E-state index in [0.717, 1.165) is 19.0 Å². The van der Waals surface area contributed by atoms with Crippen LogP contribution in [0.3, 0.4) is 0 Å². The summed E-state index contributed by atoms with van der Waals surface area (Å²) in [6, 6.07) is 1.16. The Morgan fingerprint density at radius 2 is 2.00 bits per heavy atom. The average Bonchev–Trinajstić information content (AvgIpc) is 2.90. The van der Waals surface area contributed by atoms with E-state index in [-0.39, 0.29) is 10.6 Å². The lowest BCUT2D eigenvalue weighted by Gasteiger charge is -2.33. The van der Waals surface area contributed by atoms with Crippen molar-refractivity contribution in [1.29, 1.82) is 0 Å². The molecule has 0 atom stereocenters. The number of carboxylic acids is 1. The van der Waals surface area contributed by atoms with Crippen LogP contribution in [0, 0.1) is 0 Å². The Bertz CT molecular complexity index is 573. The molecule has 0 amide bonds. The first-order chi connectivity index (χ1) is 9.45. The van der Waals surface area contributed by atoms with Crippen molar-refractivity contribution in [3.8, 4) is 0 Å². The van der Waals surface area contributed by atoms with Crippen molar-refractivity contribution < 1.29 is 18.3 Å². The third-order valence-corrected chi connectivity index (χ3v) is 5.27. The molecule has 20 heavy (non-hydrogen) atoms. The number of H-pyrrole nitrogens is 1. The fourth-order valence-corrected chi connectivity index (χ4v) is 3.72. The predicted octanol–water partition coefficient (Wildman–Crippen LogP) is 0.429. The number of aromatic amines is 1. The van der Waals surface area contributed by atoms with Gasteiger partial charge in [0.05, 0.1) is 0 Å². The summed E-state index contributed by atoms with van der Waals surface area (Å²) in [5, 5.41) is 8.82. The van der Waals surface area contributed by atoms with E-state index in [1.54, 1.807) is 0 Å². The SMILES string of the molecule is CCCN1CCN(S(=O)(=O)c2c[nH]c(C(=O)O)c2)CC1. The Hall–Kier alpha value is -1.38. The molecule has 112 valence electrons. The van der Waals surface area contributed by atoms with Gasteiger partial charge < -0.3 is 15.0 Å². The maximum absolute atomic E-state index is 12.4. The summed E-state index contributed by atoms with van der Waals surface area (Å²) >= 11 is 0. The largest absolute Gasteiger partial charge is 0.477 e. The minimum atomic E-state index is -3.60. The van der Waals surface area contributed by atoms with Crippen LogP contribution in [0.1, 0.15) is 23.8 Å². The number of rotatable bonds is 5. The van der Waals surface area contributed by atoms with Crippen LogP contribution in [0.25, 0.3) is 0 Å². The minimum Gasteiger partial charge on any atom is -0.477 e. The molecule has 2 rings (SSSR count). The minimum absolute atomic E-state index is 0.0128. The van der Waals surface area contributed by atoms with Crippen LogP contribution in [0.4, 0.5) is 0 Å². The van der Waals surface area contributed by atoms with E-state index in [2.05, 4.69) is 16.8 Å². The second-order valence-corrected chi connectivity index (χ2v) is 6.74. The first-order valence-electron chi connectivity index (χ1n) is 6.59. The molecule has 1 aliphatic rings. The fourth-order valence-electron chi connectivity index (χ4n) is 2.31. The second kappa shape index (κ2) is 5.94. The molecule has 2 N–H and O–H groups in total. The molecule has 8 heteroatoms. The fraction of sp³-hybridized carbons (Fsp3) is 0.583. The third kappa shape index (κ3) is 3.02. The van der Waals surface area contributed by atoms with Crippen LogP contribution in [-0.4, -0.2) is 66.4 Å². The summed E-state index contributed by atoms with van der Waals surface area (Å²) in [6.07, 6.45) is 2.28. The number of sulfonamides is 1. The molecule has 2 heterocycles. The number of hydrogen-bond acceptors (Lipinski definition) is 4. The van der Waals surface area contributed by atoms with E-state index in [0.29, 0.717) is 26.2 Å². The summed E-state index contributed by atoms with van der Waals surface area (Å²) < 4.78 is 26.2. The van der Waals surface area contributed by atoms with Crippen molar-refractivity contribution in [2.45, 2.75) is 18.2 Å². The molecule has 0 aliphatic carbocycles. The van der Waals surface area contributed by atoms with Gasteiger partial charge in [0.2, 0.25) is 10.0 Å². The summed E-state index contributed by atoms with van der Waals surface area (Å²) in [5.74, 6) is -1.17. The van der Waals surface area contributed by atoms with Gasteiger partial charge in [-0.05, 0) is 19.0 Å². The highest BCUT2D eigenvalue weighted by atomic mass is 32.2. The highest BCUT2D eigenvalue weighted by Crippen LogP contribution is 2.18. The average molecular weight is 301 g/mol. The van der Waals surface area contributed by atoms with Crippen LogP contribution in [0.2, 0.25) is 0 Å². The van der Waals surface area contributed by atoms with Crippen LogP contribution in [-0.2, 0) is 10.0 Å². The van der Waals surface area contributed by atoms with Gasteiger partial charge in [0.25, 0.3) is 0 Å². The lowest BCUT2D eigenvalue weighted by atomic mass is 10.3. The molecule has 0 aromatic carbocycles. The molecule has 0 saturated carbocycles. The first-order valence-corrected chi connectivity index (χ1v) is 8.03. The number of aromatic nitrogens is 1. The van der Waals surface area contributed by atoms with Gasteiger partial charge in [-0.3, -0.25) is 0 Å². The lowest BCUT2D eigenvalue weighted by molar-refractivity contribution is 0.0691. The number of hydrogen-bond donors (Lipinski definition) is 2. The van der Waals surface area contributed by atoms with Crippen LogP contribution < -0.4 is 0 Å². The standard InChI is InChI=1S/C12H19N3O4S/c1-2-3-14-4-6-15(7-5-14)20(18,19)10-8-11(12(16)17)13-9-10/h8-9,13H,2-7H2,1H3,(H,16,17). The molecule has 1 saturated heterocycles. The molecule has 1 fully saturated rings. The van der Waals surface area contributed by atoms with Gasteiger partial charge in [-0.2, -0.15) is 4.31 Å². The quantitative estimate of drug-likeness (QED) is 0.822. The van der Waals surface area contributed by atoms with Crippen molar-refractivity contribution >= 4 is 16.0 Å².